The van der Waals surface area contributed by atoms with Crippen LogP contribution in [0.3, 0.4) is 0 Å². The molecular formula is C23H35BrN2O7P2. The van der Waals surface area contributed by atoms with Crippen molar-refractivity contribution in [1.29, 1.82) is 0 Å². The molecule has 0 radical (unpaired) electrons. The largest absolute Gasteiger partial charge is 0.350 e. The fourth-order valence-electron chi connectivity index (χ4n) is 6.15. The van der Waals surface area contributed by atoms with Crippen LogP contribution in [0, 0.1) is 0 Å². The number of anilines is 1. The van der Waals surface area contributed by atoms with Crippen LogP contribution >= 0.6 is 31.1 Å². The summed E-state index contributed by atoms with van der Waals surface area (Å²) in [7, 11) is -8.29. The number of nitrogens with zero attached hydrogens (tertiary/aromatic N) is 1. The lowest BCUT2D eigenvalue weighted by Gasteiger charge is -2.46. The van der Waals surface area contributed by atoms with E-state index in [2.05, 4.69) is 26.1 Å². The second kappa shape index (κ2) is 10.3. The quantitative estimate of drug-likeness (QED) is 0.326. The molecule has 3 aliphatic heterocycles. The van der Waals surface area contributed by atoms with Crippen molar-refractivity contribution in [3.8, 4) is 0 Å². The highest BCUT2D eigenvalue weighted by Gasteiger charge is 2.80. The van der Waals surface area contributed by atoms with Gasteiger partial charge in [-0.25, -0.2) is 0 Å². The predicted molar refractivity (Wildman–Crippen MR) is 138 cm³/mol. The van der Waals surface area contributed by atoms with Crippen LogP contribution in [0.4, 0.5) is 5.69 Å². The highest BCUT2D eigenvalue weighted by Crippen LogP contribution is 2.85. The smallest absolute Gasteiger partial charge is 0.324 e. The molecular weight excluding hydrogens is 558 g/mol. The van der Waals surface area contributed by atoms with Gasteiger partial charge in [0.2, 0.25) is 5.91 Å². The molecule has 9 nitrogen and oxygen atoms in total. The molecule has 3 heterocycles. The molecule has 1 spiro atoms. The molecule has 1 aromatic rings. The van der Waals surface area contributed by atoms with E-state index >= 15 is 0 Å². The van der Waals surface area contributed by atoms with E-state index in [0.29, 0.717) is 18.7 Å². The first-order chi connectivity index (χ1) is 16.7. The molecule has 2 saturated heterocycles. The molecule has 12 heteroatoms. The molecule has 2 atom stereocenters. The average Bonchev–Trinajstić information content (AvgIpc) is 3.29. The van der Waals surface area contributed by atoms with Crippen molar-refractivity contribution in [3.63, 3.8) is 0 Å². The third-order valence-electron chi connectivity index (χ3n) is 7.24. The molecule has 3 aliphatic rings. The van der Waals surface area contributed by atoms with Crippen LogP contribution in [-0.4, -0.2) is 54.7 Å². The Hall–Kier alpha value is -0.570. The monoisotopic (exact) mass is 592 g/mol. The van der Waals surface area contributed by atoms with Crippen LogP contribution in [-0.2, 0) is 37.6 Å². The summed E-state index contributed by atoms with van der Waals surface area (Å²) in [5.41, 5.74) is 0.228. The molecule has 2 fully saturated rings. The van der Waals surface area contributed by atoms with Gasteiger partial charge < -0.3 is 23.4 Å². The maximum absolute atomic E-state index is 14.9. The molecule has 196 valence electrons. The predicted octanol–water partition coefficient (Wildman–Crippen LogP) is 6.08. The van der Waals surface area contributed by atoms with Gasteiger partial charge >= 0.3 is 15.2 Å². The number of carbonyl (C=O) groups is 1. The molecule has 1 aromatic carbocycles. The van der Waals surface area contributed by atoms with Crippen LogP contribution in [0.25, 0.3) is 0 Å². The lowest BCUT2D eigenvalue weighted by molar-refractivity contribution is -0.127. The molecule has 1 N–H and O–H groups in total. The number of amides is 1. The van der Waals surface area contributed by atoms with Crippen molar-refractivity contribution in [1.82, 2.24) is 4.90 Å². The fraction of sp³-hybridized carbons (Fsp3) is 0.696. The van der Waals surface area contributed by atoms with Gasteiger partial charge in [0.1, 0.15) is 5.54 Å². The van der Waals surface area contributed by atoms with E-state index in [9.17, 15) is 13.9 Å². The van der Waals surface area contributed by atoms with Crippen molar-refractivity contribution in [2.24, 2.45) is 0 Å². The summed E-state index contributed by atoms with van der Waals surface area (Å²) in [4.78, 5) is 14.3. The zero-order valence-corrected chi connectivity index (χ0v) is 24.1. The number of rotatable bonds is 10. The molecule has 0 bridgehead atoms. The minimum atomic E-state index is -4.14. The molecule has 4 rings (SSSR count). The van der Waals surface area contributed by atoms with E-state index in [0.717, 1.165) is 22.9 Å². The van der Waals surface area contributed by atoms with Gasteiger partial charge in [0, 0.05) is 28.2 Å². The van der Waals surface area contributed by atoms with Crippen molar-refractivity contribution >= 4 is 42.7 Å². The molecule has 2 unspecified atom stereocenters. The summed E-state index contributed by atoms with van der Waals surface area (Å²) in [5, 5.41) is 3.01. The van der Waals surface area contributed by atoms with Gasteiger partial charge in [-0.1, -0.05) is 22.4 Å². The number of benzene rings is 1. The Balaban J connectivity index is 2.06. The van der Waals surface area contributed by atoms with Crippen LogP contribution in [0.15, 0.2) is 22.7 Å². The van der Waals surface area contributed by atoms with E-state index in [1.54, 1.807) is 27.7 Å². The Morgan fingerprint density at radius 1 is 1.00 bits per heavy atom. The Morgan fingerprint density at radius 2 is 1.57 bits per heavy atom. The number of hydrogen-bond donors (Lipinski definition) is 1. The molecule has 35 heavy (non-hydrogen) atoms. The first-order valence-corrected chi connectivity index (χ1v) is 16.2. The Labute approximate surface area is 215 Å². The normalized spacial score (nSPS) is 26.1. The topological polar surface area (TPSA) is 103 Å². The second-order valence-corrected chi connectivity index (χ2v) is 14.8. The summed E-state index contributed by atoms with van der Waals surface area (Å²) in [6.45, 7) is 7.83. The summed E-state index contributed by atoms with van der Waals surface area (Å²) < 4.78 is 54.3. The van der Waals surface area contributed by atoms with Gasteiger partial charge in [-0.3, -0.25) is 18.8 Å². The summed E-state index contributed by atoms with van der Waals surface area (Å²) in [5.74, 6) is -0.238. The molecule has 0 saturated carbocycles. The van der Waals surface area contributed by atoms with Crippen LogP contribution in [0.2, 0.25) is 0 Å². The minimum absolute atomic E-state index is 0.0610. The van der Waals surface area contributed by atoms with E-state index in [4.69, 9.17) is 18.1 Å². The van der Waals surface area contributed by atoms with E-state index in [1.165, 1.54) is 0 Å². The van der Waals surface area contributed by atoms with Crippen molar-refractivity contribution < 1.29 is 32.0 Å². The zero-order chi connectivity index (χ0) is 25.5. The van der Waals surface area contributed by atoms with E-state index in [-0.39, 0.29) is 38.8 Å². The van der Waals surface area contributed by atoms with E-state index in [1.807, 2.05) is 18.2 Å². The summed E-state index contributed by atoms with van der Waals surface area (Å²) >= 11 is 3.54. The molecule has 0 aliphatic carbocycles. The van der Waals surface area contributed by atoms with Crippen LogP contribution in [0.5, 0.6) is 0 Å². The van der Waals surface area contributed by atoms with Gasteiger partial charge in [0.15, 0.2) is 4.90 Å². The van der Waals surface area contributed by atoms with E-state index < -0.39 is 31.7 Å². The fourth-order valence-corrected chi connectivity index (χ4v) is 12.9. The zero-order valence-electron chi connectivity index (χ0n) is 20.8. The van der Waals surface area contributed by atoms with Gasteiger partial charge in [-0.2, -0.15) is 0 Å². The summed E-state index contributed by atoms with van der Waals surface area (Å²) in [6, 6.07) is 5.05. The number of hydrogen-bond acceptors (Lipinski definition) is 8. The number of piperidine rings is 1. The first kappa shape index (κ1) is 27.5. The van der Waals surface area contributed by atoms with Crippen LogP contribution < -0.4 is 5.32 Å². The third kappa shape index (κ3) is 3.95. The molecule has 1 amide bonds. The number of halogens is 1. The Kier molecular flexibility index (Phi) is 8.08. The third-order valence-corrected chi connectivity index (χ3v) is 14.4. The Morgan fingerprint density at radius 3 is 2.11 bits per heavy atom. The van der Waals surface area contributed by atoms with Gasteiger partial charge in [-0.05, 0) is 65.3 Å². The minimum Gasteiger partial charge on any atom is -0.324 e. The van der Waals surface area contributed by atoms with Crippen molar-refractivity contribution in [2.75, 3.05) is 38.3 Å². The highest BCUT2D eigenvalue weighted by atomic mass is 79.9. The lowest BCUT2D eigenvalue weighted by atomic mass is 9.88. The average molecular weight is 593 g/mol. The van der Waals surface area contributed by atoms with Crippen molar-refractivity contribution in [2.45, 2.75) is 69.9 Å². The lowest BCUT2D eigenvalue weighted by Crippen LogP contribution is -2.53. The SMILES string of the molecule is CCOP(=O)(OCC)C1(P(=O)(OCC)OCC)CC2(C(=O)Nc3ccc(Br)cc32)N2CCCCC21. The first-order valence-electron chi connectivity index (χ1n) is 12.4. The highest BCUT2D eigenvalue weighted by molar-refractivity contribution is 9.10. The maximum atomic E-state index is 14.9. The molecule has 0 aromatic heterocycles. The van der Waals surface area contributed by atoms with Gasteiger partial charge in [-0.15, -0.1) is 0 Å². The standard InChI is InChI=1S/C23H35BrN2O7P2/c1-5-30-34(28,31-6-2)23(35(29,32-7-3)33-8-4)16-22(26-14-10-9-11-20(23)26)18-15-17(24)12-13-19(18)25-21(22)27/h12-13,15,20H,5-11,14,16H2,1-4H3,(H,25,27). The van der Waals surface area contributed by atoms with Gasteiger partial charge in [0.05, 0.1) is 26.4 Å². The number of nitrogens with one attached hydrogen (secondary N) is 1. The van der Waals surface area contributed by atoms with Crippen molar-refractivity contribution in [3.05, 3.63) is 28.2 Å². The summed E-state index contributed by atoms with van der Waals surface area (Å²) in [6.07, 6.45) is 2.18. The Bertz CT molecular complexity index is 1020. The van der Waals surface area contributed by atoms with Gasteiger partial charge in [0.25, 0.3) is 0 Å². The van der Waals surface area contributed by atoms with Crippen LogP contribution in [0.1, 0.15) is 58.9 Å². The number of fused-ring (bicyclic) bond motifs is 4. The second-order valence-electron chi connectivity index (χ2n) is 8.93. The maximum Gasteiger partial charge on any atom is 0.350 e. The number of carbonyl (C=O) groups excluding carboxylic acids is 1.